The van der Waals surface area contributed by atoms with Crippen LogP contribution in [0.25, 0.3) is 0 Å². The molecule has 0 aromatic heterocycles. The number of benzene rings is 2. The van der Waals surface area contributed by atoms with Crippen LogP contribution in [-0.4, -0.2) is 49.9 Å². The van der Waals surface area contributed by atoms with E-state index in [1.165, 1.54) is 0 Å². The number of carbonyl (C=O) groups is 1. The number of ether oxygens (including phenoxy) is 6. The maximum Gasteiger partial charge on any atom is 0.190 e. The fourth-order valence-electron chi connectivity index (χ4n) is 3.85. The van der Waals surface area contributed by atoms with Crippen molar-refractivity contribution in [3.8, 4) is 5.75 Å². The fourth-order valence-corrected chi connectivity index (χ4v) is 3.85. The molecule has 3 unspecified atom stereocenters. The summed E-state index contributed by atoms with van der Waals surface area (Å²) in [5, 5.41) is 0. The van der Waals surface area contributed by atoms with Gasteiger partial charge in [0.1, 0.15) is 30.2 Å². The lowest BCUT2D eigenvalue weighted by Gasteiger charge is -2.28. The summed E-state index contributed by atoms with van der Waals surface area (Å²) in [6.45, 7) is 4.27. The van der Waals surface area contributed by atoms with Gasteiger partial charge in [-0.15, -0.1) is 0 Å². The van der Waals surface area contributed by atoms with Crippen molar-refractivity contribution in [3.63, 3.8) is 0 Å². The molecule has 166 valence electrons. The third kappa shape index (κ3) is 5.14. The van der Waals surface area contributed by atoms with Gasteiger partial charge in [-0.2, -0.15) is 0 Å². The molecule has 0 bridgehead atoms. The largest absolute Gasteiger partial charge is 0.497 e. The molecular formula is C24H28O7. The Morgan fingerprint density at radius 2 is 1.71 bits per heavy atom. The normalized spacial score (nSPS) is 27.6. The molecule has 5 atom stereocenters. The quantitative estimate of drug-likeness (QED) is 0.568. The first-order valence-electron chi connectivity index (χ1n) is 10.4. The Bertz CT molecular complexity index is 852. The second-order valence-corrected chi connectivity index (χ2v) is 8.09. The number of methoxy groups -OCH3 is 1. The van der Waals surface area contributed by atoms with E-state index >= 15 is 0 Å². The van der Waals surface area contributed by atoms with Crippen LogP contribution in [-0.2, 0) is 41.7 Å². The highest BCUT2D eigenvalue weighted by molar-refractivity contribution is 5.57. The highest BCUT2D eigenvalue weighted by Crippen LogP contribution is 2.40. The standard InChI is InChI=1S/C24H28O7/c1-24(2)30-22-21(28-15-17-9-11-18(26-3)12-10-17)20(29-23(22)31-24)19(13-25)27-14-16-7-5-4-6-8-16/h4-13,19-23H,14-15H2,1-3H3/t19-,20-,21?,22?,23?/m1/s1. The lowest BCUT2D eigenvalue weighted by molar-refractivity contribution is -0.231. The molecule has 2 aliphatic heterocycles. The summed E-state index contributed by atoms with van der Waals surface area (Å²) in [4.78, 5) is 11.9. The summed E-state index contributed by atoms with van der Waals surface area (Å²) in [5.74, 6) is -0.0145. The van der Waals surface area contributed by atoms with Crippen LogP contribution in [0.3, 0.4) is 0 Å². The monoisotopic (exact) mass is 428 g/mol. The van der Waals surface area contributed by atoms with E-state index in [0.29, 0.717) is 6.61 Å². The molecule has 2 fully saturated rings. The van der Waals surface area contributed by atoms with E-state index in [1.54, 1.807) is 7.11 Å². The third-order valence-electron chi connectivity index (χ3n) is 5.37. The highest BCUT2D eigenvalue weighted by Gasteiger charge is 2.57. The molecule has 4 rings (SSSR count). The zero-order valence-electron chi connectivity index (χ0n) is 17.9. The molecule has 0 spiro atoms. The minimum atomic E-state index is -0.818. The second-order valence-electron chi connectivity index (χ2n) is 8.09. The maximum absolute atomic E-state index is 11.9. The summed E-state index contributed by atoms with van der Waals surface area (Å²) in [5.41, 5.74) is 1.94. The van der Waals surface area contributed by atoms with Gasteiger partial charge in [-0.3, -0.25) is 0 Å². The molecule has 0 saturated carbocycles. The Morgan fingerprint density at radius 3 is 2.39 bits per heavy atom. The van der Waals surface area contributed by atoms with Crippen molar-refractivity contribution in [2.45, 2.75) is 63.6 Å². The van der Waals surface area contributed by atoms with E-state index in [1.807, 2.05) is 68.4 Å². The van der Waals surface area contributed by atoms with Crippen LogP contribution >= 0.6 is 0 Å². The van der Waals surface area contributed by atoms with Gasteiger partial charge in [-0.25, -0.2) is 0 Å². The minimum Gasteiger partial charge on any atom is -0.497 e. The number of fused-ring (bicyclic) bond motifs is 1. The molecule has 0 radical (unpaired) electrons. The number of rotatable bonds is 9. The zero-order chi connectivity index (χ0) is 21.8. The van der Waals surface area contributed by atoms with Crippen LogP contribution in [0.1, 0.15) is 25.0 Å². The molecule has 0 amide bonds. The van der Waals surface area contributed by atoms with Crippen LogP contribution in [0.5, 0.6) is 5.75 Å². The average molecular weight is 428 g/mol. The molecule has 0 aliphatic carbocycles. The van der Waals surface area contributed by atoms with Crippen LogP contribution in [0, 0.1) is 0 Å². The van der Waals surface area contributed by atoms with Gasteiger partial charge in [-0.1, -0.05) is 42.5 Å². The van der Waals surface area contributed by atoms with Gasteiger partial charge in [-0.05, 0) is 37.1 Å². The molecule has 7 heteroatoms. The topological polar surface area (TPSA) is 72.5 Å². The van der Waals surface area contributed by atoms with Crippen LogP contribution in [0.4, 0.5) is 0 Å². The Kier molecular flexibility index (Phi) is 6.69. The van der Waals surface area contributed by atoms with E-state index in [2.05, 4.69) is 0 Å². The summed E-state index contributed by atoms with van der Waals surface area (Å²) >= 11 is 0. The zero-order valence-corrected chi connectivity index (χ0v) is 17.9. The second kappa shape index (κ2) is 9.46. The lowest BCUT2D eigenvalue weighted by atomic mass is 10.1. The van der Waals surface area contributed by atoms with Gasteiger partial charge in [0.2, 0.25) is 0 Å². The van der Waals surface area contributed by atoms with Crippen LogP contribution in [0.2, 0.25) is 0 Å². The number of aldehydes is 1. The van der Waals surface area contributed by atoms with Crippen LogP contribution < -0.4 is 4.74 Å². The minimum absolute atomic E-state index is 0.290. The van der Waals surface area contributed by atoms with Gasteiger partial charge < -0.3 is 33.2 Å². The molecule has 2 aromatic carbocycles. The van der Waals surface area contributed by atoms with E-state index in [9.17, 15) is 4.79 Å². The van der Waals surface area contributed by atoms with E-state index in [-0.39, 0.29) is 6.61 Å². The van der Waals surface area contributed by atoms with Crippen LogP contribution in [0.15, 0.2) is 54.6 Å². The predicted molar refractivity (Wildman–Crippen MR) is 111 cm³/mol. The van der Waals surface area contributed by atoms with Crippen molar-refractivity contribution >= 4 is 6.29 Å². The molecule has 7 nitrogen and oxygen atoms in total. The molecule has 2 saturated heterocycles. The molecule has 31 heavy (non-hydrogen) atoms. The Balaban J connectivity index is 1.46. The van der Waals surface area contributed by atoms with Crippen molar-refractivity contribution in [3.05, 3.63) is 65.7 Å². The van der Waals surface area contributed by atoms with Crippen molar-refractivity contribution < 1.29 is 33.2 Å². The van der Waals surface area contributed by atoms with Gasteiger partial charge in [0.05, 0.1) is 20.3 Å². The summed E-state index contributed by atoms with van der Waals surface area (Å²) < 4.78 is 35.2. The Labute approximate surface area is 182 Å². The first-order valence-corrected chi connectivity index (χ1v) is 10.4. The fraction of sp³-hybridized carbons (Fsp3) is 0.458. The predicted octanol–water partition coefficient (Wildman–Crippen LogP) is 3.24. The Morgan fingerprint density at radius 1 is 1.00 bits per heavy atom. The van der Waals surface area contributed by atoms with Gasteiger partial charge >= 0.3 is 0 Å². The van der Waals surface area contributed by atoms with Gasteiger partial charge in [0, 0.05) is 0 Å². The summed E-state index contributed by atoms with van der Waals surface area (Å²) in [7, 11) is 1.63. The first kappa shape index (κ1) is 21.9. The van der Waals surface area contributed by atoms with Crippen molar-refractivity contribution in [2.75, 3.05) is 7.11 Å². The molecular weight excluding hydrogens is 400 g/mol. The smallest absolute Gasteiger partial charge is 0.190 e. The number of carbonyl (C=O) groups excluding carboxylic acids is 1. The van der Waals surface area contributed by atoms with E-state index in [0.717, 1.165) is 23.2 Å². The molecule has 0 N–H and O–H groups in total. The summed E-state index contributed by atoms with van der Waals surface area (Å²) in [6.07, 6.45) is -2.32. The van der Waals surface area contributed by atoms with E-state index in [4.69, 9.17) is 28.4 Å². The molecule has 2 heterocycles. The van der Waals surface area contributed by atoms with E-state index < -0.39 is 36.5 Å². The third-order valence-corrected chi connectivity index (χ3v) is 5.37. The maximum atomic E-state index is 11.9. The van der Waals surface area contributed by atoms with Gasteiger partial charge in [0.15, 0.2) is 18.4 Å². The van der Waals surface area contributed by atoms with Crippen molar-refractivity contribution in [2.24, 2.45) is 0 Å². The Hall–Kier alpha value is -2.29. The summed E-state index contributed by atoms with van der Waals surface area (Å²) in [6, 6.07) is 17.3. The number of hydrogen-bond acceptors (Lipinski definition) is 7. The molecule has 2 aromatic rings. The van der Waals surface area contributed by atoms with Crippen molar-refractivity contribution in [1.82, 2.24) is 0 Å². The molecule has 2 aliphatic rings. The highest BCUT2D eigenvalue weighted by atomic mass is 16.8. The first-order chi connectivity index (χ1) is 15.0. The number of hydrogen-bond donors (Lipinski definition) is 0. The average Bonchev–Trinajstić information content (AvgIpc) is 3.25. The van der Waals surface area contributed by atoms with Crippen molar-refractivity contribution in [1.29, 1.82) is 0 Å². The lowest BCUT2D eigenvalue weighted by Crippen LogP contribution is -2.44. The van der Waals surface area contributed by atoms with Gasteiger partial charge in [0.25, 0.3) is 0 Å². The SMILES string of the molecule is COc1ccc(COC2C3OC(C)(C)OC3O[C@@H]2[C@@H](C=O)OCc2ccccc2)cc1.